The maximum Gasteiger partial charge on any atom is 0.272 e. The summed E-state index contributed by atoms with van der Waals surface area (Å²) in [4.78, 5) is 15.1. The lowest BCUT2D eigenvalue weighted by molar-refractivity contribution is 0.0746. The maximum absolute atomic E-state index is 14.3. The minimum atomic E-state index is -0.354. The second-order valence-electron chi connectivity index (χ2n) is 6.43. The van der Waals surface area contributed by atoms with Crippen LogP contribution in [0.1, 0.15) is 37.2 Å². The van der Waals surface area contributed by atoms with Crippen LogP contribution in [0.3, 0.4) is 0 Å². The van der Waals surface area contributed by atoms with Crippen LogP contribution in [0.4, 0.5) is 4.39 Å². The van der Waals surface area contributed by atoms with Gasteiger partial charge >= 0.3 is 0 Å². The van der Waals surface area contributed by atoms with Crippen LogP contribution < -0.4 is 0 Å². The Labute approximate surface area is 159 Å². The van der Waals surface area contributed by atoms with E-state index in [1.165, 1.54) is 6.07 Å². The van der Waals surface area contributed by atoms with Crippen molar-refractivity contribution in [3.05, 3.63) is 72.2 Å². The molecule has 0 saturated heterocycles. The summed E-state index contributed by atoms with van der Waals surface area (Å²) in [5.41, 5.74) is 2.06. The third kappa shape index (κ3) is 4.08. The first-order valence-corrected chi connectivity index (χ1v) is 9.35. The summed E-state index contributed by atoms with van der Waals surface area (Å²) in [6.45, 7) is 5.47. The molecule has 1 heterocycles. The van der Waals surface area contributed by atoms with Crippen molar-refractivity contribution in [1.82, 2.24) is 14.7 Å². The van der Waals surface area contributed by atoms with Crippen LogP contribution >= 0.6 is 0 Å². The number of hydrogen-bond donors (Lipinski definition) is 0. The van der Waals surface area contributed by atoms with Crippen LogP contribution in [0, 0.1) is 5.82 Å². The van der Waals surface area contributed by atoms with Gasteiger partial charge in [-0.3, -0.25) is 4.79 Å². The van der Waals surface area contributed by atoms with Crippen molar-refractivity contribution in [3.8, 4) is 16.9 Å². The Hall–Kier alpha value is -2.95. The van der Waals surface area contributed by atoms with E-state index in [0.29, 0.717) is 30.0 Å². The Morgan fingerprint density at radius 3 is 2.26 bits per heavy atom. The normalized spacial score (nSPS) is 10.8. The van der Waals surface area contributed by atoms with Gasteiger partial charge in [-0.05, 0) is 43.2 Å². The van der Waals surface area contributed by atoms with E-state index in [1.54, 1.807) is 28.9 Å². The highest BCUT2D eigenvalue weighted by molar-refractivity contribution is 5.94. The van der Waals surface area contributed by atoms with E-state index in [0.717, 1.165) is 18.5 Å². The first-order valence-electron chi connectivity index (χ1n) is 9.35. The van der Waals surface area contributed by atoms with Gasteiger partial charge in [0.2, 0.25) is 0 Å². The Morgan fingerprint density at radius 2 is 1.63 bits per heavy atom. The lowest BCUT2D eigenvalue weighted by Crippen LogP contribution is -2.33. The molecule has 5 heteroatoms. The molecule has 0 aliphatic rings. The molecular weight excluding hydrogens is 341 g/mol. The van der Waals surface area contributed by atoms with Gasteiger partial charge in [0.1, 0.15) is 11.5 Å². The van der Waals surface area contributed by atoms with Gasteiger partial charge in [-0.15, -0.1) is 0 Å². The molecule has 0 bridgehead atoms. The molecule has 3 rings (SSSR count). The van der Waals surface area contributed by atoms with Gasteiger partial charge in [-0.1, -0.05) is 44.2 Å². The molecule has 27 heavy (non-hydrogen) atoms. The number of benzene rings is 2. The van der Waals surface area contributed by atoms with Gasteiger partial charge in [0.15, 0.2) is 0 Å². The number of carbonyl (C=O) groups excluding carboxylic acids is 1. The number of halogens is 1. The molecule has 140 valence electrons. The Morgan fingerprint density at radius 1 is 1.00 bits per heavy atom. The average Bonchev–Trinajstić information content (AvgIpc) is 3.13. The van der Waals surface area contributed by atoms with Crippen LogP contribution in [0.25, 0.3) is 16.9 Å². The van der Waals surface area contributed by atoms with E-state index in [1.807, 2.05) is 35.2 Å². The zero-order chi connectivity index (χ0) is 19.2. The number of carbonyl (C=O) groups is 1. The summed E-state index contributed by atoms with van der Waals surface area (Å²) in [6, 6.07) is 17.6. The van der Waals surface area contributed by atoms with Gasteiger partial charge in [-0.25, -0.2) is 9.07 Å². The summed E-state index contributed by atoms with van der Waals surface area (Å²) in [7, 11) is 0. The zero-order valence-corrected chi connectivity index (χ0v) is 15.7. The smallest absolute Gasteiger partial charge is 0.272 e. The second kappa shape index (κ2) is 8.62. The second-order valence-corrected chi connectivity index (χ2v) is 6.43. The molecule has 4 nitrogen and oxygen atoms in total. The average molecular weight is 365 g/mol. The number of amides is 1. The summed E-state index contributed by atoms with van der Waals surface area (Å²) < 4.78 is 15.9. The highest BCUT2D eigenvalue weighted by Gasteiger charge is 2.22. The fourth-order valence-corrected chi connectivity index (χ4v) is 3.12. The van der Waals surface area contributed by atoms with E-state index in [2.05, 4.69) is 18.9 Å². The SMILES string of the molecule is CCCN(CCC)C(=O)c1cc(-c2ccccc2F)nn1-c1ccccc1. The number of aromatic nitrogens is 2. The highest BCUT2D eigenvalue weighted by atomic mass is 19.1. The van der Waals surface area contributed by atoms with Gasteiger partial charge in [0, 0.05) is 18.7 Å². The third-order valence-corrected chi connectivity index (χ3v) is 4.35. The summed E-state index contributed by atoms with van der Waals surface area (Å²) in [5.74, 6) is -0.439. The molecule has 0 spiro atoms. The fraction of sp³-hybridized carbons (Fsp3) is 0.273. The van der Waals surface area contributed by atoms with E-state index in [-0.39, 0.29) is 11.7 Å². The van der Waals surface area contributed by atoms with E-state index in [4.69, 9.17) is 0 Å². The van der Waals surface area contributed by atoms with Gasteiger partial charge in [-0.2, -0.15) is 5.10 Å². The van der Waals surface area contributed by atoms with E-state index >= 15 is 0 Å². The molecule has 2 aromatic carbocycles. The largest absolute Gasteiger partial charge is 0.337 e. The molecule has 0 fully saturated rings. The van der Waals surface area contributed by atoms with Crippen molar-refractivity contribution in [2.45, 2.75) is 26.7 Å². The van der Waals surface area contributed by atoms with Crippen LogP contribution in [0.15, 0.2) is 60.7 Å². The van der Waals surface area contributed by atoms with E-state index in [9.17, 15) is 9.18 Å². The van der Waals surface area contributed by atoms with E-state index < -0.39 is 0 Å². The van der Waals surface area contributed by atoms with Crippen molar-refractivity contribution < 1.29 is 9.18 Å². The molecule has 0 aliphatic carbocycles. The van der Waals surface area contributed by atoms with Crippen LogP contribution in [-0.4, -0.2) is 33.7 Å². The monoisotopic (exact) mass is 365 g/mol. The predicted molar refractivity (Wildman–Crippen MR) is 105 cm³/mol. The number of para-hydroxylation sites is 1. The van der Waals surface area contributed by atoms with Crippen molar-refractivity contribution in [1.29, 1.82) is 0 Å². The quantitative estimate of drug-likeness (QED) is 0.595. The first-order chi connectivity index (χ1) is 13.2. The Kier molecular flexibility index (Phi) is 6.01. The maximum atomic E-state index is 14.3. The standard InChI is InChI=1S/C22H24FN3O/c1-3-14-25(15-4-2)22(27)21-16-20(18-12-8-9-13-19(18)23)24-26(21)17-10-6-5-7-11-17/h5-13,16H,3-4,14-15H2,1-2H3. The first kappa shape index (κ1) is 18.8. The molecule has 3 aromatic rings. The Bertz CT molecular complexity index is 899. The molecule has 1 amide bonds. The van der Waals surface area contributed by atoms with Crippen molar-refractivity contribution in [2.24, 2.45) is 0 Å². The summed E-state index contributed by atoms with van der Waals surface area (Å²) >= 11 is 0. The van der Waals surface area contributed by atoms with Crippen molar-refractivity contribution in [3.63, 3.8) is 0 Å². The topological polar surface area (TPSA) is 38.1 Å². The zero-order valence-electron chi connectivity index (χ0n) is 15.7. The summed E-state index contributed by atoms with van der Waals surface area (Å²) in [6.07, 6.45) is 1.76. The molecular formula is C22H24FN3O. The minimum absolute atomic E-state index is 0.0855. The molecule has 0 atom stereocenters. The molecule has 0 saturated carbocycles. The highest BCUT2D eigenvalue weighted by Crippen LogP contribution is 2.25. The van der Waals surface area contributed by atoms with Gasteiger partial charge < -0.3 is 4.90 Å². The van der Waals surface area contributed by atoms with Crippen LogP contribution in [-0.2, 0) is 0 Å². The molecule has 0 aliphatic heterocycles. The fourth-order valence-electron chi connectivity index (χ4n) is 3.12. The van der Waals surface area contributed by atoms with Crippen molar-refractivity contribution >= 4 is 5.91 Å². The minimum Gasteiger partial charge on any atom is -0.337 e. The van der Waals surface area contributed by atoms with Gasteiger partial charge in [0.25, 0.3) is 5.91 Å². The molecule has 0 N–H and O–H groups in total. The number of hydrogen-bond acceptors (Lipinski definition) is 2. The Balaban J connectivity index is 2.11. The summed E-state index contributed by atoms with van der Waals surface area (Å²) in [5, 5.41) is 4.56. The molecule has 0 radical (unpaired) electrons. The number of rotatable bonds is 7. The predicted octanol–water partition coefficient (Wildman–Crippen LogP) is 4.94. The lowest BCUT2D eigenvalue weighted by Gasteiger charge is -2.21. The molecule has 0 unspecified atom stereocenters. The van der Waals surface area contributed by atoms with Gasteiger partial charge in [0.05, 0.1) is 11.4 Å². The number of nitrogens with zero attached hydrogens (tertiary/aromatic N) is 3. The molecule has 1 aromatic heterocycles. The third-order valence-electron chi connectivity index (χ3n) is 4.35. The van der Waals surface area contributed by atoms with Crippen LogP contribution in [0.5, 0.6) is 0 Å². The van der Waals surface area contributed by atoms with Crippen LogP contribution in [0.2, 0.25) is 0 Å². The lowest BCUT2D eigenvalue weighted by atomic mass is 10.1. The van der Waals surface area contributed by atoms with Crippen molar-refractivity contribution in [2.75, 3.05) is 13.1 Å².